The Kier molecular flexibility index (Phi) is 2.55. The van der Waals surface area contributed by atoms with E-state index in [9.17, 15) is 8.78 Å². The lowest BCUT2D eigenvalue weighted by atomic mass is 9.99. The SMILES string of the molecule is Nc1cccc(C(F)(F)c2ccc3c(c2)OCO3)c1. The number of anilines is 1. The highest BCUT2D eigenvalue weighted by molar-refractivity contribution is 5.49. The number of hydrogen-bond acceptors (Lipinski definition) is 3. The Hall–Kier alpha value is -2.30. The largest absolute Gasteiger partial charge is 0.454 e. The number of nitrogen functional groups attached to an aromatic ring is 1. The van der Waals surface area contributed by atoms with Gasteiger partial charge in [-0.3, -0.25) is 0 Å². The predicted molar refractivity (Wildman–Crippen MR) is 66.4 cm³/mol. The average molecular weight is 263 g/mol. The second-order valence-corrected chi connectivity index (χ2v) is 4.27. The first kappa shape index (κ1) is 11.8. The maximum atomic E-state index is 14.4. The van der Waals surface area contributed by atoms with Crippen molar-refractivity contribution < 1.29 is 18.3 Å². The van der Waals surface area contributed by atoms with E-state index in [0.29, 0.717) is 17.2 Å². The highest BCUT2D eigenvalue weighted by Gasteiger charge is 2.35. The molecule has 3 nitrogen and oxygen atoms in total. The van der Waals surface area contributed by atoms with Gasteiger partial charge >= 0.3 is 0 Å². The molecule has 3 rings (SSSR count). The summed E-state index contributed by atoms with van der Waals surface area (Å²) in [5.74, 6) is -2.32. The van der Waals surface area contributed by atoms with E-state index in [2.05, 4.69) is 0 Å². The van der Waals surface area contributed by atoms with Crippen molar-refractivity contribution in [2.24, 2.45) is 0 Å². The second-order valence-electron chi connectivity index (χ2n) is 4.27. The van der Waals surface area contributed by atoms with Gasteiger partial charge in [0.05, 0.1) is 0 Å². The standard InChI is InChI=1S/C14H11F2NO2/c15-14(16,9-2-1-3-11(17)6-9)10-4-5-12-13(7-10)19-8-18-12/h1-7H,8,17H2. The molecule has 0 bridgehead atoms. The number of benzene rings is 2. The topological polar surface area (TPSA) is 44.5 Å². The maximum Gasteiger partial charge on any atom is 0.298 e. The van der Waals surface area contributed by atoms with Gasteiger partial charge in [-0.2, -0.15) is 8.78 Å². The zero-order chi connectivity index (χ0) is 13.5. The molecule has 0 radical (unpaired) electrons. The highest BCUT2D eigenvalue weighted by atomic mass is 19.3. The molecule has 0 unspecified atom stereocenters. The lowest BCUT2D eigenvalue weighted by molar-refractivity contribution is 0.0427. The fourth-order valence-corrected chi connectivity index (χ4v) is 1.99. The first-order chi connectivity index (χ1) is 9.07. The molecule has 2 N–H and O–H groups in total. The normalized spacial score (nSPS) is 13.6. The van der Waals surface area contributed by atoms with Crippen LogP contribution in [0, 0.1) is 0 Å². The van der Waals surface area contributed by atoms with Crippen LogP contribution in [0.1, 0.15) is 11.1 Å². The molecule has 1 aliphatic heterocycles. The van der Waals surface area contributed by atoms with Gasteiger partial charge < -0.3 is 15.2 Å². The zero-order valence-corrected chi connectivity index (χ0v) is 9.90. The molecule has 0 aliphatic carbocycles. The van der Waals surface area contributed by atoms with Crippen molar-refractivity contribution in [1.29, 1.82) is 0 Å². The molecule has 0 aromatic heterocycles. The van der Waals surface area contributed by atoms with Crippen LogP contribution in [0.5, 0.6) is 11.5 Å². The molecular formula is C14H11F2NO2. The van der Waals surface area contributed by atoms with Crippen LogP contribution in [0.25, 0.3) is 0 Å². The Labute approximate surface area is 108 Å². The van der Waals surface area contributed by atoms with Gasteiger partial charge in [0.1, 0.15) is 0 Å². The first-order valence-corrected chi connectivity index (χ1v) is 5.71. The number of ether oxygens (including phenoxy) is 2. The van der Waals surface area contributed by atoms with Crippen molar-refractivity contribution in [3.63, 3.8) is 0 Å². The van der Waals surface area contributed by atoms with Crippen LogP contribution in [0.15, 0.2) is 42.5 Å². The molecule has 2 aromatic carbocycles. The van der Waals surface area contributed by atoms with E-state index < -0.39 is 5.92 Å². The van der Waals surface area contributed by atoms with E-state index in [1.807, 2.05) is 0 Å². The summed E-state index contributed by atoms with van der Waals surface area (Å²) < 4.78 is 39.0. The molecular weight excluding hydrogens is 252 g/mol. The first-order valence-electron chi connectivity index (χ1n) is 5.71. The molecule has 0 atom stereocenters. The molecule has 5 heteroatoms. The van der Waals surface area contributed by atoms with E-state index in [-0.39, 0.29) is 17.9 Å². The summed E-state index contributed by atoms with van der Waals surface area (Å²) in [6, 6.07) is 9.80. The molecule has 0 fully saturated rings. The molecule has 1 aliphatic rings. The number of hydrogen-bond donors (Lipinski definition) is 1. The van der Waals surface area contributed by atoms with Gasteiger partial charge in [0, 0.05) is 16.8 Å². The van der Waals surface area contributed by atoms with Crippen LogP contribution >= 0.6 is 0 Å². The van der Waals surface area contributed by atoms with Gasteiger partial charge in [-0.05, 0) is 30.3 Å². The number of fused-ring (bicyclic) bond motifs is 1. The smallest absolute Gasteiger partial charge is 0.298 e. The van der Waals surface area contributed by atoms with Crippen LogP contribution in [0.2, 0.25) is 0 Å². The molecule has 0 saturated carbocycles. The molecule has 0 spiro atoms. The van der Waals surface area contributed by atoms with E-state index in [0.717, 1.165) is 0 Å². The summed E-state index contributed by atoms with van der Waals surface area (Å²) in [6.07, 6.45) is 0. The monoisotopic (exact) mass is 263 g/mol. The number of rotatable bonds is 2. The Morgan fingerprint density at radius 2 is 1.68 bits per heavy atom. The maximum absolute atomic E-state index is 14.4. The van der Waals surface area contributed by atoms with Crippen molar-refractivity contribution in [3.8, 4) is 11.5 Å². The molecule has 0 saturated heterocycles. The van der Waals surface area contributed by atoms with Crippen LogP contribution in [-0.4, -0.2) is 6.79 Å². The minimum Gasteiger partial charge on any atom is -0.454 e. The van der Waals surface area contributed by atoms with Gasteiger partial charge in [-0.1, -0.05) is 12.1 Å². The van der Waals surface area contributed by atoms with Crippen molar-refractivity contribution in [3.05, 3.63) is 53.6 Å². The summed E-state index contributed by atoms with van der Waals surface area (Å²) in [5, 5.41) is 0. The molecule has 19 heavy (non-hydrogen) atoms. The fourth-order valence-electron chi connectivity index (χ4n) is 1.99. The van der Waals surface area contributed by atoms with Crippen molar-refractivity contribution in [1.82, 2.24) is 0 Å². The van der Waals surface area contributed by atoms with E-state index >= 15 is 0 Å². The minimum atomic E-state index is -3.13. The number of nitrogens with two attached hydrogens (primary N) is 1. The fraction of sp³-hybridized carbons (Fsp3) is 0.143. The Morgan fingerprint density at radius 3 is 2.47 bits per heavy atom. The van der Waals surface area contributed by atoms with Gasteiger partial charge in [-0.25, -0.2) is 0 Å². The Morgan fingerprint density at radius 1 is 0.947 bits per heavy atom. The van der Waals surface area contributed by atoms with Crippen LogP contribution in [0.3, 0.4) is 0 Å². The van der Waals surface area contributed by atoms with Crippen LogP contribution < -0.4 is 15.2 Å². The third-order valence-electron chi connectivity index (χ3n) is 2.98. The molecule has 98 valence electrons. The Balaban J connectivity index is 2.04. The van der Waals surface area contributed by atoms with E-state index in [4.69, 9.17) is 15.2 Å². The average Bonchev–Trinajstić information content (AvgIpc) is 2.85. The van der Waals surface area contributed by atoms with Crippen molar-refractivity contribution >= 4 is 5.69 Å². The van der Waals surface area contributed by atoms with Crippen LogP contribution in [-0.2, 0) is 5.92 Å². The van der Waals surface area contributed by atoms with Gasteiger partial charge in [0.25, 0.3) is 5.92 Å². The number of halogens is 2. The summed E-state index contributed by atoms with van der Waals surface area (Å²) in [7, 11) is 0. The number of alkyl halides is 2. The summed E-state index contributed by atoms with van der Waals surface area (Å²) in [4.78, 5) is 0. The lowest BCUT2D eigenvalue weighted by Crippen LogP contribution is -2.15. The van der Waals surface area contributed by atoms with E-state index in [1.54, 1.807) is 6.07 Å². The summed E-state index contributed by atoms with van der Waals surface area (Å²) in [5.41, 5.74) is 5.55. The highest BCUT2D eigenvalue weighted by Crippen LogP contribution is 2.41. The third kappa shape index (κ3) is 1.97. The molecule has 2 aromatic rings. The van der Waals surface area contributed by atoms with Gasteiger partial charge in [0.15, 0.2) is 11.5 Å². The Bertz CT molecular complexity index is 629. The van der Waals surface area contributed by atoms with Crippen molar-refractivity contribution in [2.75, 3.05) is 12.5 Å². The minimum absolute atomic E-state index is 0.0582. The zero-order valence-electron chi connectivity index (χ0n) is 9.90. The summed E-state index contributed by atoms with van der Waals surface area (Å²) in [6.45, 7) is 0.0582. The van der Waals surface area contributed by atoms with E-state index in [1.165, 1.54) is 36.4 Å². The van der Waals surface area contributed by atoms with Crippen molar-refractivity contribution in [2.45, 2.75) is 5.92 Å². The third-order valence-corrected chi connectivity index (χ3v) is 2.98. The van der Waals surface area contributed by atoms with Crippen LogP contribution in [0.4, 0.5) is 14.5 Å². The van der Waals surface area contributed by atoms with Gasteiger partial charge in [-0.15, -0.1) is 0 Å². The lowest BCUT2D eigenvalue weighted by Gasteiger charge is -2.18. The molecule has 1 heterocycles. The predicted octanol–water partition coefficient (Wildman–Crippen LogP) is 3.14. The quantitative estimate of drug-likeness (QED) is 0.846. The molecule has 0 amide bonds. The summed E-state index contributed by atoms with van der Waals surface area (Å²) >= 11 is 0. The van der Waals surface area contributed by atoms with Gasteiger partial charge in [0.2, 0.25) is 6.79 Å². The second kappa shape index (κ2) is 4.12.